The van der Waals surface area contributed by atoms with Crippen LogP contribution in [-0.2, 0) is 14.3 Å². The summed E-state index contributed by atoms with van der Waals surface area (Å²) in [6.07, 6.45) is 20.0. The number of hydrogen-bond donors (Lipinski definition) is 1. The first kappa shape index (κ1) is 33.7. The summed E-state index contributed by atoms with van der Waals surface area (Å²) in [5, 5.41) is 9.70. The number of carbonyl (C=O) groups is 2. The zero-order valence-corrected chi connectivity index (χ0v) is 23.9. The van der Waals surface area contributed by atoms with Crippen molar-refractivity contribution in [1.82, 2.24) is 0 Å². The van der Waals surface area contributed by atoms with E-state index in [9.17, 15) is 14.7 Å². The number of carbonyl (C=O) groups excluding carboxylic acids is 1. The Morgan fingerprint density at radius 2 is 1.34 bits per heavy atom. The number of allylic oxidation sites excluding steroid dienone is 1. The van der Waals surface area contributed by atoms with E-state index >= 15 is 0 Å². The summed E-state index contributed by atoms with van der Waals surface area (Å²) in [6, 6.07) is 0. The van der Waals surface area contributed by atoms with E-state index in [4.69, 9.17) is 4.74 Å². The van der Waals surface area contributed by atoms with Gasteiger partial charge < -0.3 is 9.84 Å². The molecule has 35 heavy (non-hydrogen) atoms. The average Bonchev–Trinajstić information content (AvgIpc) is 2.85. The van der Waals surface area contributed by atoms with Crippen LogP contribution in [0.15, 0.2) is 12.7 Å². The highest BCUT2D eigenvalue weighted by Crippen LogP contribution is 2.33. The van der Waals surface area contributed by atoms with Gasteiger partial charge in [0.05, 0.1) is 6.61 Å². The normalized spacial score (nSPS) is 15.7. The first-order valence-corrected chi connectivity index (χ1v) is 14.9. The highest BCUT2D eigenvalue weighted by molar-refractivity contribution is 5.99. The lowest BCUT2D eigenvalue weighted by atomic mass is 9.79. The monoisotopic (exact) mass is 494 g/mol. The molecule has 0 heterocycles. The lowest BCUT2D eigenvalue weighted by Gasteiger charge is -2.27. The summed E-state index contributed by atoms with van der Waals surface area (Å²) in [5.74, 6) is 0.773. The van der Waals surface area contributed by atoms with Crippen molar-refractivity contribution in [3.63, 3.8) is 0 Å². The Balaban J connectivity index is 4.77. The van der Waals surface area contributed by atoms with Crippen molar-refractivity contribution in [2.24, 2.45) is 23.2 Å². The molecular weight excluding hydrogens is 436 g/mol. The van der Waals surface area contributed by atoms with Crippen LogP contribution in [0.25, 0.3) is 0 Å². The summed E-state index contributed by atoms with van der Waals surface area (Å²) in [7, 11) is 0. The molecule has 1 N–H and O–H groups in total. The summed E-state index contributed by atoms with van der Waals surface area (Å²) in [6.45, 7) is 15.1. The fourth-order valence-corrected chi connectivity index (χ4v) is 5.49. The minimum atomic E-state index is -1.48. The molecule has 0 bridgehead atoms. The first-order chi connectivity index (χ1) is 16.8. The molecule has 206 valence electrons. The van der Waals surface area contributed by atoms with Crippen LogP contribution in [0, 0.1) is 23.2 Å². The van der Waals surface area contributed by atoms with Crippen molar-refractivity contribution in [3.05, 3.63) is 12.7 Å². The molecule has 0 aromatic carbocycles. The van der Waals surface area contributed by atoms with Gasteiger partial charge in [-0.1, -0.05) is 118 Å². The van der Waals surface area contributed by atoms with Gasteiger partial charge in [-0.15, -0.1) is 6.58 Å². The van der Waals surface area contributed by atoms with Gasteiger partial charge in [-0.05, 0) is 49.9 Å². The van der Waals surface area contributed by atoms with E-state index in [-0.39, 0.29) is 12.8 Å². The number of hydrogen-bond acceptors (Lipinski definition) is 3. The van der Waals surface area contributed by atoms with Crippen molar-refractivity contribution < 1.29 is 19.4 Å². The van der Waals surface area contributed by atoms with Gasteiger partial charge in [-0.2, -0.15) is 0 Å². The Kier molecular flexibility index (Phi) is 20.0. The Bertz CT molecular complexity index is 540. The fourth-order valence-electron chi connectivity index (χ4n) is 5.49. The minimum absolute atomic E-state index is 0.115. The molecule has 4 nitrogen and oxygen atoms in total. The Morgan fingerprint density at radius 3 is 1.77 bits per heavy atom. The van der Waals surface area contributed by atoms with Gasteiger partial charge in [-0.3, -0.25) is 9.59 Å². The first-order valence-electron chi connectivity index (χ1n) is 14.9. The maximum absolute atomic E-state index is 12.7. The third kappa shape index (κ3) is 13.5. The van der Waals surface area contributed by atoms with Crippen molar-refractivity contribution in [2.45, 2.75) is 144 Å². The van der Waals surface area contributed by atoms with Crippen LogP contribution < -0.4 is 0 Å². The largest absolute Gasteiger partial charge is 0.480 e. The van der Waals surface area contributed by atoms with Crippen LogP contribution in [0.3, 0.4) is 0 Å². The van der Waals surface area contributed by atoms with Crippen LogP contribution >= 0.6 is 0 Å². The molecule has 4 heteroatoms. The summed E-state index contributed by atoms with van der Waals surface area (Å²) in [5.41, 5.74) is -1.48. The molecule has 0 aliphatic carbocycles. The van der Waals surface area contributed by atoms with Crippen molar-refractivity contribution in [3.8, 4) is 0 Å². The molecule has 0 rings (SSSR count). The number of unbranched alkanes of at least 4 members (excludes halogenated alkanes) is 4. The second-order valence-electron chi connectivity index (χ2n) is 10.8. The zero-order valence-electron chi connectivity index (χ0n) is 23.9. The van der Waals surface area contributed by atoms with Crippen LogP contribution in [0.5, 0.6) is 0 Å². The van der Waals surface area contributed by atoms with E-state index < -0.39 is 17.4 Å². The second-order valence-corrected chi connectivity index (χ2v) is 10.8. The molecule has 0 aliphatic rings. The number of ether oxygens (including phenoxy) is 1. The average molecular weight is 495 g/mol. The zero-order chi connectivity index (χ0) is 26.5. The molecule has 3 atom stereocenters. The summed E-state index contributed by atoms with van der Waals surface area (Å²) in [4.78, 5) is 24.5. The Labute approximate surface area is 217 Å². The minimum Gasteiger partial charge on any atom is -0.480 e. The summed E-state index contributed by atoms with van der Waals surface area (Å²) < 4.78 is 5.47. The molecule has 0 saturated carbocycles. The molecule has 0 aliphatic heterocycles. The van der Waals surface area contributed by atoms with E-state index in [0.29, 0.717) is 13.0 Å². The van der Waals surface area contributed by atoms with Crippen LogP contribution in [0.4, 0.5) is 0 Å². The number of esters is 1. The van der Waals surface area contributed by atoms with Gasteiger partial charge in [0.2, 0.25) is 0 Å². The number of carboxylic acids is 1. The standard InChI is InChI=1S/C31H58O4/c1-7-13-18-26(11-5)24-28(25-27(12-6)19-14-8-2)20-16-15-17-23-35-30(34)31(21-9-3,22-10-4)29(32)33/h9,26-28H,3,7-8,10-25H2,1-2,4-6H3,(H,32,33). The van der Waals surface area contributed by atoms with E-state index in [0.717, 1.165) is 37.0 Å². The van der Waals surface area contributed by atoms with E-state index in [1.165, 1.54) is 76.7 Å². The second kappa shape index (κ2) is 20.8. The molecule has 0 aromatic rings. The lowest BCUT2D eigenvalue weighted by molar-refractivity contribution is -0.169. The highest BCUT2D eigenvalue weighted by atomic mass is 16.5. The fraction of sp³-hybridized carbons (Fsp3) is 0.871. The number of rotatable bonds is 24. The van der Waals surface area contributed by atoms with E-state index in [2.05, 4.69) is 34.3 Å². The topological polar surface area (TPSA) is 63.6 Å². The molecule has 0 aromatic heterocycles. The van der Waals surface area contributed by atoms with Crippen molar-refractivity contribution in [2.75, 3.05) is 6.61 Å². The van der Waals surface area contributed by atoms with Crippen molar-refractivity contribution >= 4 is 11.9 Å². The molecule has 3 unspecified atom stereocenters. The predicted octanol–water partition coefficient (Wildman–Crippen LogP) is 9.37. The smallest absolute Gasteiger partial charge is 0.323 e. The van der Waals surface area contributed by atoms with E-state index in [1.54, 1.807) is 0 Å². The number of aliphatic carboxylic acids is 1. The van der Waals surface area contributed by atoms with Crippen LogP contribution in [0.2, 0.25) is 0 Å². The van der Waals surface area contributed by atoms with Gasteiger partial charge in [0, 0.05) is 0 Å². The van der Waals surface area contributed by atoms with Crippen LogP contribution in [-0.4, -0.2) is 23.7 Å². The molecular formula is C31H58O4. The van der Waals surface area contributed by atoms with E-state index in [1.807, 2.05) is 6.92 Å². The SMILES string of the molecule is C=CCC(CCC)(C(=O)O)C(=O)OCCCCCC(CC(CC)CCCC)CC(CC)CCCC. The number of carboxylic acid groups (broad SMARTS) is 1. The predicted molar refractivity (Wildman–Crippen MR) is 149 cm³/mol. The lowest BCUT2D eigenvalue weighted by Crippen LogP contribution is -2.40. The Morgan fingerprint density at radius 1 is 0.800 bits per heavy atom. The maximum Gasteiger partial charge on any atom is 0.323 e. The van der Waals surface area contributed by atoms with Crippen molar-refractivity contribution in [1.29, 1.82) is 0 Å². The third-order valence-electron chi connectivity index (χ3n) is 7.88. The van der Waals surface area contributed by atoms with Gasteiger partial charge >= 0.3 is 11.9 Å². The molecule has 0 spiro atoms. The molecule has 0 amide bonds. The van der Waals surface area contributed by atoms with Gasteiger partial charge in [0.15, 0.2) is 5.41 Å². The van der Waals surface area contributed by atoms with Gasteiger partial charge in [0.25, 0.3) is 0 Å². The maximum atomic E-state index is 12.7. The molecule has 0 radical (unpaired) electrons. The van der Waals surface area contributed by atoms with Crippen LogP contribution in [0.1, 0.15) is 144 Å². The summed E-state index contributed by atoms with van der Waals surface area (Å²) >= 11 is 0. The third-order valence-corrected chi connectivity index (χ3v) is 7.88. The highest BCUT2D eigenvalue weighted by Gasteiger charge is 2.45. The van der Waals surface area contributed by atoms with Gasteiger partial charge in [0.1, 0.15) is 0 Å². The molecule has 0 saturated heterocycles. The Hall–Kier alpha value is -1.32. The molecule has 0 fully saturated rings. The quantitative estimate of drug-likeness (QED) is 0.0628. The van der Waals surface area contributed by atoms with Gasteiger partial charge in [-0.25, -0.2) is 0 Å².